The molecule has 0 amide bonds. The zero-order chi connectivity index (χ0) is 11.4. The number of nitrogens with zero attached hydrogens (tertiary/aromatic N) is 2. The van der Waals surface area contributed by atoms with Gasteiger partial charge in [0.1, 0.15) is 0 Å². The fourth-order valence-corrected chi connectivity index (χ4v) is 1.63. The van der Waals surface area contributed by atoms with Gasteiger partial charge in [-0.25, -0.2) is 4.68 Å². The van der Waals surface area contributed by atoms with Gasteiger partial charge in [-0.15, -0.1) is 0 Å². The van der Waals surface area contributed by atoms with Crippen molar-refractivity contribution in [3.05, 3.63) is 42.1 Å². The number of aliphatic hydroxyl groups is 1. The molecule has 0 atom stereocenters. The Hall–Kier alpha value is -1.81. The monoisotopic (exact) mass is 218 g/mol. The van der Waals surface area contributed by atoms with Crippen LogP contribution in [0.3, 0.4) is 0 Å². The molecule has 0 aliphatic carbocycles. The Kier molecular flexibility index (Phi) is 3.22. The lowest BCUT2D eigenvalue weighted by Crippen LogP contribution is -2.01. The fourth-order valence-electron chi connectivity index (χ4n) is 1.63. The maximum absolute atomic E-state index is 8.93. The molecule has 0 spiro atoms. The summed E-state index contributed by atoms with van der Waals surface area (Å²) in [6, 6.07) is 9.76. The van der Waals surface area contributed by atoms with Gasteiger partial charge in [-0.3, -0.25) is 0 Å². The van der Waals surface area contributed by atoms with Crippen molar-refractivity contribution in [2.75, 3.05) is 13.7 Å². The molecule has 84 valence electrons. The number of aliphatic hydroxyl groups excluding tert-OH is 1. The molecule has 0 aliphatic heterocycles. The van der Waals surface area contributed by atoms with Gasteiger partial charge in [0.15, 0.2) is 0 Å². The molecule has 0 saturated heterocycles. The number of hydrogen-bond acceptors (Lipinski definition) is 3. The molecule has 1 aromatic heterocycles. The topological polar surface area (TPSA) is 47.3 Å². The Bertz CT molecular complexity index is 451. The van der Waals surface area contributed by atoms with Crippen LogP contribution in [0.1, 0.15) is 5.56 Å². The minimum atomic E-state index is 0.0941. The van der Waals surface area contributed by atoms with Gasteiger partial charge in [-0.05, 0) is 12.1 Å². The van der Waals surface area contributed by atoms with Crippen molar-refractivity contribution in [1.29, 1.82) is 0 Å². The summed E-state index contributed by atoms with van der Waals surface area (Å²) >= 11 is 0. The van der Waals surface area contributed by atoms with Gasteiger partial charge < -0.3 is 9.84 Å². The number of rotatable bonds is 4. The first-order valence-corrected chi connectivity index (χ1v) is 5.14. The van der Waals surface area contributed by atoms with E-state index in [0.29, 0.717) is 12.3 Å². The smallest absolute Gasteiger partial charge is 0.219 e. The Morgan fingerprint density at radius 2 is 2.06 bits per heavy atom. The van der Waals surface area contributed by atoms with E-state index < -0.39 is 0 Å². The number of para-hydroxylation sites is 1. The third-order valence-corrected chi connectivity index (χ3v) is 2.37. The molecule has 0 bridgehead atoms. The molecular formula is C12H14N2O2. The summed E-state index contributed by atoms with van der Waals surface area (Å²) in [5, 5.41) is 13.2. The molecule has 0 radical (unpaired) electrons. The van der Waals surface area contributed by atoms with E-state index in [9.17, 15) is 0 Å². The summed E-state index contributed by atoms with van der Waals surface area (Å²) in [4.78, 5) is 0. The van der Waals surface area contributed by atoms with Crippen LogP contribution in [0.5, 0.6) is 5.88 Å². The minimum absolute atomic E-state index is 0.0941. The third-order valence-electron chi connectivity index (χ3n) is 2.37. The molecule has 0 fully saturated rings. The summed E-state index contributed by atoms with van der Waals surface area (Å²) in [6.07, 6.45) is 2.28. The van der Waals surface area contributed by atoms with Crippen LogP contribution in [0.4, 0.5) is 0 Å². The first kappa shape index (κ1) is 10.7. The predicted molar refractivity (Wildman–Crippen MR) is 60.9 cm³/mol. The number of aromatic nitrogens is 2. The quantitative estimate of drug-likeness (QED) is 0.844. The molecule has 16 heavy (non-hydrogen) atoms. The van der Waals surface area contributed by atoms with Crippen LogP contribution in [0, 0.1) is 0 Å². The van der Waals surface area contributed by atoms with E-state index in [1.54, 1.807) is 18.0 Å². The van der Waals surface area contributed by atoms with Crippen molar-refractivity contribution in [2.24, 2.45) is 0 Å². The fraction of sp³-hybridized carbons (Fsp3) is 0.250. The van der Waals surface area contributed by atoms with Crippen LogP contribution in [0.2, 0.25) is 0 Å². The van der Waals surface area contributed by atoms with Gasteiger partial charge in [0.05, 0.1) is 19.0 Å². The van der Waals surface area contributed by atoms with Gasteiger partial charge in [-0.1, -0.05) is 18.2 Å². The van der Waals surface area contributed by atoms with Crippen LogP contribution in [0.25, 0.3) is 5.69 Å². The highest BCUT2D eigenvalue weighted by atomic mass is 16.5. The van der Waals surface area contributed by atoms with E-state index in [2.05, 4.69) is 5.10 Å². The average molecular weight is 218 g/mol. The molecule has 0 saturated carbocycles. The van der Waals surface area contributed by atoms with Crippen LogP contribution < -0.4 is 4.74 Å². The van der Waals surface area contributed by atoms with Crippen molar-refractivity contribution in [3.8, 4) is 11.6 Å². The molecule has 1 aromatic carbocycles. The lowest BCUT2D eigenvalue weighted by atomic mass is 10.2. The maximum Gasteiger partial charge on any atom is 0.219 e. The van der Waals surface area contributed by atoms with Crippen LogP contribution in [-0.4, -0.2) is 28.6 Å². The van der Waals surface area contributed by atoms with Crippen molar-refractivity contribution >= 4 is 0 Å². The van der Waals surface area contributed by atoms with Crippen LogP contribution >= 0.6 is 0 Å². The third kappa shape index (κ3) is 1.92. The second kappa shape index (κ2) is 4.81. The van der Waals surface area contributed by atoms with E-state index in [1.165, 1.54) is 0 Å². The molecular weight excluding hydrogens is 204 g/mol. The number of hydrogen-bond donors (Lipinski definition) is 1. The Labute approximate surface area is 94.1 Å². The highest BCUT2D eigenvalue weighted by molar-refractivity contribution is 5.38. The van der Waals surface area contributed by atoms with Crippen LogP contribution in [0.15, 0.2) is 36.5 Å². The highest BCUT2D eigenvalue weighted by Crippen LogP contribution is 2.22. The Balaban J connectivity index is 2.42. The standard InChI is InChI=1S/C12H14N2O2/c1-16-12-10(7-8-15)9-13-14(12)11-5-3-2-4-6-11/h2-6,9,15H,7-8H2,1H3. The van der Waals surface area contributed by atoms with Gasteiger partial charge in [-0.2, -0.15) is 5.10 Å². The van der Waals surface area contributed by atoms with Crippen molar-refractivity contribution in [3.63, 3.8) is 0 Å². The highest BCUT2D eigenvalue weighted by Gasteiger charge is 2.11. The summed E-state index contributed by atoms with van der Waals surface area (Å²) < 4.78 is 7.04. The summed E-state index contributed by atoms with van der Waals surface area (Å²) in [6.45, 7) is 0.0941. The SMILES string of the molecule is COc1c(CCO)cnn1-c1ccccc1. The number of ether oxygens (including phenoxy) is 1. The average Bonchev–Trinajstić information content (AvgIpc) is 2.73. The summed E-state index contributed by atoms with van der Waals surface area (Å²) in [5.74, 6) is 0.681. The largest absolute Gasteiger partial charge is 0.481 e. The molecule has 2 aromatic rings. The number of benzene rings is 1. The van der Waals surface area contributed by atoms with Crippen molar-refractivity contribution < 1.29 is 9.84 Å². The second-order valence-corrected chi connectivity index (χ2v) is 3.40. The molecule has 1 heterocycles. The molecule has 0 aliphatic rings. The minimum Gasteiger partial charge on any atom is -0.481 e. The normalized spacial score (nSPS) is 10.4. The van der Waals surface area contributed by atoms with E-state index in [0.717, 1.165) is 11.3 Å². The van der Waals surface area contributed by atoms with Gasteiger partial charge in [0.25, 0.3) is 0 Å². The molecule has 2 rings (SSSR count). The zero-order valence-corrected chi connectivity index (χ0v) is 9.13. The van der Waals surface area contributed by atoms with Crippen molar-refractivity contribution in [1.82, 2.24) is 9.78 Å². The zero-order valence-electron chi connectivity index (χ0n) is 9.13. The van der Waals surface area contributed by atoms with Gasteiger partial charge in [0.2, 0.25) is 5.88 Å². The first-order chi connectivity index (χ1) is 7.86. The molecule has 4 nitrogen and oxygen atoms in total. The number of methoxy groups -OCH3 is 1. The van der Waals surface area contributed by atoms with E-state index in [-0.39, 0.29) is 6.61 Å². The van der Waals surface area contributed by atoms with Crippen LogP contribution in [-0.2, 0) is 6.42 Å². The van der Waals surface area contributed by atoms with Gasteiger partial charge in [0, 0.05) is 18.6 Å². The Morgan fingerprint density at radius 3 is 2.69 bits per heavy atom. The van der Waals surface area contributed by atoms with Crippen molar-refractivity contribution in [2.45, 2.75) is 6.42 Å². The van der Waals surface area contributed by atoms with E-state index in [4.69, 9.17) is 9.84 Å². The molecule has 0 unspecified atom stereocenters. The Morgan fingerprint density at radius 1 is 1.31 bits per heavy atom. The summed E-state index contributed by atoms with van der Waals surface area (Å²) in [7, 11) is 1.61. The van der Waals surface area contributed by atoms with E-state index >= 15 is 0 Å². The van der Waals surface area contributed by atoms with Gasteiger partial charge >= 0.3 is 0 Å². The summed E-state index contributed by atoms with van der Waals surface area (Å²) in [5.41, 5.74) is 1.86. The lowest BCUT2D eigenvalue weighted by Gasteiger charge is -2.07. The lowest BCUT2D eigenvalue weighted by molar-refractivity contribution is 0.296. The molecule has 1 N–H and O–H groups in total. The van der Waals surface area contributed by atoms with E-state index in [1.807, 2.05) is 30.3 Å². The second-order valence-electron chi connectivity index (χ2n) is 3.40. The maximum atomic E-state index is 8.93. The predicted octanol–water partition coefficient (Wildman–Crippen LogP) is 1.42. The first-order valence-electron chi connectivity index (χ1n) is 5.14. The molecule has 4 heteroatoms.